The predicted octanol–water partition coefficient (Wildman–Crippen LogP) is 4.76. The lowest BCUT2D eigenvalue weighted by Crippen LogP contribution is -2.20. The average molecular weight is 250 g/mol. The van der Waals surface area contributed by atoms with Gasteiger partial charge in [-0.25, -0.2) is 0 Å². The van der Waals surface area contributed by atoms with E-state index >= 15 is 0 Å². The van der Waals surface area contributed by atoms with Crippen molar-refractivity contribution in [2.45, 2.75) is 52.7 Å². The zero-order valence-electron chi connectivity index (χ0n) is 12.5. The van der Waals surface area contributed by atoms with Crippen LogP contribution in [0.4, 0.5) is 0 Å². The summed E-state index contributed by atoms with van der Waals surface area (Å²) in [6.07, 6.45) is 7.00. The van der Waals surface area contributed by atoms with E-state index in [9.17, 15) is 0 Å². The first-order chi connectivity index (χ1) is 8.07. The maximum Gasteiger partial charge on any atom is 0.123 e. The minimum atomic E-state index is -0.265. The van der Waals surface area contributed by atoms with E-state index < -0.39 is 0 Å². The van der Waals surface area contributed by atoms with Crippen LogP contribution in [0.3, 0.4) is 0 Å². The molecule has 0 fully saturated rings. The Balaban J connectivity index is 5.08. The molecule has 2 nitrogen and oxygen atoms in total. The maximum atomic E-state index is 5.81. The SMILES string of the molecule is C=C/C=C(\C=C(/C=C)OC(C)(C)C)OC(C)(C)C. The third-order valence-electron chi connectivity index (χ3n) is 1.62. The Morgan fingerprint density at radius 1 is 0.833 bits per heavy atom. The second kappa shape index (κ2) is 6.48. The van der Waals surface area contributed by atoms with Crippen LogP contribution >= 0.6 is 0 Å². The Hall–Kier alpha value is -1.44. The highest BCUT2D eigenvalue weighted by molar-refractivity contribution is 5.25. The molecule has 0 rings (SSSR count). The van der Waals surface area contributed by atoms with Gasteiger partial charge in [-0.3, -0.25) is 0 Å². The second-order valence-electron chi connectivity index (χ2n) is 5.98. The highest BCUT2D eigenvalue weighted by Crippen LogP contribution is 2.20. The van der Waals surface area contributed by atoms with Gasteiger partial charge in [-0.2, -0.15) is 0 Å². The van der Waals surface area contributed by atoms with Crippen LogP contribution in [0.25, 0.3) is 0 Å². The summed E-state index contributed by atoms with van der Waals surface area (Å²) in [5.41, 5.74) is -0.527. The number of rotatable bonds is 5. The zero-order chi connectivity index (χ0) is 14.4. The highest BCUT2D eigenvalue weighted by atomic mass is 16.5. The first-order valence-corrected chi connectivity index (χ1v) is 6.12. The molecule has 0 aliphatic heterocycles. The van der Waals surface area contributed by atoms with Gasteiger partial charge < -0.3 is 9.47 Å². The van der Waals surface area contributed by atoms with E-state index in [4.69, 9.17) is 9.47 Å². The fraction of sp³-hybridized carbons (Fsp3) is 0.500. The summed E-state index contributed by atoms with van der Waals surface area (Å²) in [6, 6.07) is 0. The van der Waals surface area contributed by atoms with Crippen LogP contribution in [0.15, 0.2) is 49.0 Å². The first kappa shape index (κ1) is 16.6. The number of ether oxygens (including phenoxy) is 2. The molecule has 18 heavy (non-hydrogen) atoms. The van der Waals surface area contributed by atoms with Gasteiger partial charge in [0.2, 0.25) is 0 Å². The van der Waals surface area contributed by atoms with E-state index in [2.05, 4.69) is 13.2 Å². The van der Waals surface area contributed by atoms with Crippen LogP contribution in [-0.4, -0.2) is 11.2 Å². The summed E-state index contributed by atoms with van der Waals surface area (Å²) in [7, 11) is 0. The molecule has 0 aromatic carbocycles. The first-order valence-electron chi connectivity index (χ1n) is 6.12. The molecule has 0 saturated heterocycles. The fourth-order valence-corrected chi connectivity index (χ4v) is 1.21. The third kappa shape index (κ3) is 8.68. The summed E-state index contributed by atoms with van der Waals surface area (Å²) in [5.74, 6) is 1.39. The minimum Gasteiger partial charge on any atom is -0.488 e. The molecule has 0 saturated carbocycles. The van der Waals surface area contributed by atoms with Gasteiger partial charge in [-0.05, 0) is 53.7 Å². The Kier molecular flexibility index (Phi) is 5.96. The van der Waals surface area contributed by atoms with Crippen LogP contribution < -0.4 is 0 Å². The molecule has 0 heterocycles. The second-order valence-corrected chi connectivity index (χ2v) is 5.98. The van der Waals surface area contributed by atoms with Gasteiger partial charge in [-0.1, -0.05) is 19.2 Å². The maximum absolute atomic E-state index is 5.81. The molecule has 0 bridgehead atoms. The van der Waals surface area contributed by atoms with E-state index in [1.807, 2.05) is 47.6 Å². The quantitative estimate of drug-likeness (QED) is 0.517. The number of hydrogen-bond donors (Lipinski definition) is 0. The molecule has 0 amide bonds. The highest BCUT2D eigenvalue weighted by Gasteiger charge is 2.15. The molecule has 0 aliphatic rings. The monoisotopic (exact) mass is 250 g/mol. The van der Waals surface area contributed by atoms with Crippen LogP contribution in [0.1, 0.15) is 41.5 Å². The molecule has 0 aromatic rings. The van der Waals surface area contributed by atoms with Gasteiger partial charge in [0.1, 0.15) is 22.7 Å². The molecule has 0 spiro atoms. The minimum absolute atomic E-state index is 0.263. The van der Waals surface area contributed by atoms with E-state index in [1.54, 1.807) is 18.2 Å². The van der Waals surface area contributed by atoms with Crippen LogP contribution in [0.2, 0.25) is 0 Å². The van der Waals surface area contributed by atoms with Crippen LogP contribution in [0.5, 0.6) is 0 Å². The van der Waals surface area contributed by atoms with Crippen molar-refractivity contribution in [3.8, 4) is 0 Å². The topological polar surface area (TPSA) is 18.5 Å². The van der Waals surface area contributed by atoms with Crippen molar-refractivity contribution < 1.29 is 9.47 Å². The summed E-state index contributed by atoms with van der Waals surface area (Å²) >= 11 is 0. The van der Waals surface area contributed by atoms with Crippen molar-refractivity contribution in [3.63, 3.8) is 0 Å². The fourth-order valence-electron chi connectivity index (χ4n) is 1.21. The lowest BCUT2D eigenvalue weighted by Gasteiger charge is -2.24. The van der Waals surface area contributed by atoms with Gasteiger partial charge >= 0.3 is 0 Å². The van der Waals surface area contributed by atoms with Crippen molar-refractivity contribution in [1.82, 2.24) is 0 Å². The Morgan fingerprint density at radius 3 is 1.61 bits per heavy atom. The van der Waals surface area contributed by atoms with Gasteiger partial charge in [0.05, 0.1) is 0 Å². The lowest BCUT2D eigenvalue weighted by atomic mass is 10.2. The largest absolute Gasteiger partial charge is 0.488 e. The summed E-state index contributed by atoms with van der Waals surface area (Å²) in [4.78, 5) is 0. The van der Waals surface area contributed by atoms with Crippen molar-refractivity contribution >= 4 is 0 Å². The van der Waals surface area contributed by atoms with E-state index in [0.717, 1.165) is 0 Å². The third-order valence-corrected chi connectivity index (χ3v) is 1.62. The average Bonchev–Trinajstić information content (AvgIpc) is 2.12. The lowest BCUT2D eigenvalue weighted by molar-refractivity contribution is 0.0484. The zero-order valence-corrected chi connectivity index (χ0v) is 12.5. The van der Waals surface area contributed by atoms with Crippen molar-refractivity contribution in [2.24, 2.45) is 0 Å². The van der Waals surface area contributed by atoms with Gasteiger partial charge in [-0.15, -0.1) is 0 Å². The molecule has 0 radical (unpaired) electrons. The molecule has 0 aliphatic carbocycles. The van der Waals surface area contributed by atoms with Crippen LogP contribution in [0, 0.1) is 0 Å². The van der Waals surface area contributed by atoms with E-state index in [-0.39, 0.29) is 11.2 Å². The summed E-state index contributed by atoms with van der Waals surface area (Å²) in [5, 5.41) is 0. The summed E-state index contributed by atoms with van der Waals surface area (Å²) in [6.45, 7) is 19.4. The van der Waals surface area contributed by atoms with E-state index in [1.165, 1.54) is 0 Å². The normalized spacial score (nSPS) is 14.1. The van der Waals surface area contributed by atoms with E-state index in [0.29, 0.717) is 11.5 Å². The van der Waals surface area contributed by atoms with Gasteiger partial charge in [0.15, 0.2) is 0 Å². The van der Waals surface area contributed by atoms with Crippen molar-refractivity contribution in [3.05, 3.63) is 49.0 Å². The number of hydrogen-bond acceptors (Lipinski definition) is 2. The van der Waals surface area contributed by atoms with Gasteiger partial charge in [0, 0.05) is 6.08 Å². The molecular formula is C16H26O2. The Bertz CT molecular complexity index is 346. The molecular weight excluding hydrogens is 224 g/mol. The Morgan fingerprint density at radius 2 is 1.28 bits per heavy atom. The molecule has 0 atom stereocenters. The smallest absolute Gasteiger partial charge is 0.123 e. The molecule has 0 N–H and O–H groups in total. The standard InChI is InChI=1S/C16H26O2/c1-9-11-14(18-16(6,7)8)12-13(10-2)17-15(3,4)5/h9-12H,1-2H2,3-8H3/b13-12+,14-11+. The molecule has 0 unspecified atom stereocenters. The molecule has 0 aromatic heterocycles. The number of allylic oxidation sites excluding steroid dienone is 4. The van der Waals surface area contributed by atoms with Crippen molar-refractivity contribution in [2.75, 3.05) is 0 Å². The van der Waals surface area contributed by atoms with Gasteiger partial charge in [0.25, 0.3) is 0 Å². The Labute approximate surface area is 112 Å². The van der Waals surface area contributed by atoms with Crippen LogP contribution in [-0.2, 0) is 9.47 Å². The molecule has 2 heteroatoms. The van der Waals surface area contributed by atoms with Crippen molar-refractivity contribution in [1.29, 1.82) is 0 Å². The summed E-state index contributed by atoms with van der Waals surface area (Å²) < 4.78 is 11.6. The predicted molar refractivity (Wildman–Crippen MR) is 78.2 cm³/mol. The molecule has 102 valence electrons.